The van der Waals surface area contributed by atoms with Crippen molar-refractivity contribution in [3.8, 4) is 0 Å². The van der Waals surface area contributed by atoms with Crippen LogP contribution < -0.4 is 10.1 Å². The number of carbonyl (C=O) groups excluding carboxylic acids is 1. The number of esters is 1. The lowest BCUT2D eigenvalue weighted by Crippen LogP contribution is -2.43. The Bertz CT molecular complexity index is 852. The van der Waals surface area contributed by atoms with E-state index in [-0.39, 0.29) is 18.4 Å². The fourth-order valence-corrected chi connectivity index (χ4v) is 4.16. The Labute approximate surface area is 196 Å². The molecule has 2 rings (SSSR count). The van der Waals surface area contributed by atoms with Crippen molar-refractivity contribution < 1.29 is 14.6 Å². The van der Waals surface area contributed by atoms with Crippen molar-refractivity contribution in [3.63, 3.8) is 0 Å². The second-order valence-corrected chi connectivity index (χ2v) is 9.44. The number of ether oxygens (including phenoxy) is 1. The van der Waals surface area contributed by atoms with E-state index < -0.39 is 12.7 Å². The van der Waals surface area contributed by atoms with Crippen molar-refractivity contribution in [2.45, 2.75) is 52.1 Å². The van der Waals surface area contributed by atoms with Crippen molar-refractivity contribution in [2.75, 3.05) is 29.7 Å². The lowest BCUT2D eigenvalue weighted by Gasteiger charge is -2.26. The summed E-state index contributed by atoms with van der Waals surface area (Å²) in [5.41, 5.74) is 1.64. The van der Waals surface area contributed by atoms with E-state index in [1.807, 2.05) is 32.9 Å². The number of fused-ring (bicyclic) bond motifs is 1. The molecule has 0 saturated heterocycles. The molecular formula is C23H33BCl2N2O3. The van der Waals surface area contributed by atoms with Gasteiger partial charge in [-0.25, -0.2) is 0 Å². The van der Waals surface area contributed by atoms with Crippen LogP contribution in [0.15, 0.2) is 36.4 Å². The summed E-state index contributed by atoms with van der Waals surface area (Å²) >= 11 is 12.0. The van der Waals surface area contributed by atoms with Crippen LogP contribution in [0.4, 0.5) is 5.69 Å². The molecule has 0 aliphatic carbocycles. The number of halogens is 2. The molecule has 0 amide bonds. The highest BCUT2D eigenvalue weighted by molar-refractivity contribution is 6.45. The van der Waals surface area contributed by atoms with Gasteiger partial charge in [-0.05, 0) is 51.0 Å². The Balaban J connectivity index is 2.35. The Morgan fingerprint density at radius 2 is 1.74 bits per heavy atom. The third kappa shape index (κ3) is 8.19. The van der Waals surface area contributed by atoms with Crippen molar-refractivity contribution in [3.05, 3.63) is 42.0 Å². The molecule has 0 saturated carbocycles. The van der Waals surface area contributed by atoms with Gasteiger partial charge in [0.15, 0.2) is 0 Å². The Hall–Kier alpha value is -1.47. The first kappa shape index (κ1) is 25.8. The zero-order valence-electron chi connectivity index (χ0n) is 18.8. The van der Waals surface area contributed by atoms with E-state index in [0.29, 0.717) is 31.3 Å². The SMILES string of the molecule is CB(O)N[C@H](CC(=O)OC(C)(C)C)Cc1cccc2c(N(CCCl)CCCl)cccc12. The maximum Gasteiger partial charge on any atom is 0.373 e. The number of hydrogen-bond acceptors (Lipinski definition) is 5. The fourth-order valence-electron chi connectivity index (χ4n) is 3.75. The minimum absolute atomic E-state index is 0.170. The summed E-state index contributed by atoms with van der Waals surface area (Å²) in [6.45, 7) is 8.62. The van der Waals surface area contributed by atoms with Crippen LogP contribution in [0.2, 0.25) is 6.82 Å². The third-order valence-electron chi connectivity index (χ3n) is 4.82. The second kappa shape index (κ2) is 12.0. The quantitative estimate of drug-likeness (QED) is 0.290. The molecule has 8 heteroatoms. The zero-order chi connectivity index (χ0) is 23.0. The van der Waals surface area contributed by atoms with Crippen molar-refractivity contribution in [2.24, 2.45) is 0 Å². The number of anilines is 1. The van der Waals surface area contributed by atoms with Crippen LogP contribution in [0.25, 0.3) is 10.8 Å². The second-order valence-electron chi connectivity index (χ2n) is 8.69. The maximum absolute atomic E-state index is 12.4. The van der Waals surface area contributed by atoms with E-state index in [9.17, 15) is 9.82 Å². The smallest absolute Gasteiger partial charge is 0.373 e. The average Bonchev–Trinajstić information content (AvgIpc) is 2.65. The molecule has 0 aliphatic rings. The standard InChI is InChI=1S/C23H33BCl2N2O3/c1-23(2,3)31-22(29)16-18(27-24(4)30)15-17-7-5-9-20-19(17)8-6-10-21(20)28(13-11-25)14-12-26/h5-10,18,27,30H,11-16H2,1-4H3/t18-/m0/s1. The molecule has 2 N–H and O–H groups in total. The predicted molar refractivity (Wildman–Crippen MR) is 133 cm³/mol. The minimum Gasteiger partial charge on any atom is -0.460 e. The van der Waals surface area contributed by atoms with Gasteiger partial charge in [0.2, 0.25) is 0 Å². The van der Waals surface area contributed by atoms with E-state index >= 15 is 0 Å². The number of nitrogens with zero attached hydrogens (tertiary/aromatic N) is 1. The van der Waals surface area contributed by atoms with Gasteiger partial charge >= 0.3 is 13.0 Å². The highest BCUT2D eigenvalue weighted by atomic mass is 35.5. The number of hydrogen-bond donors (Lipinski definition) is 2. The van der Waals surface area contributed by atoms with Crippen LogP contribution >= 0.6 is 23.2 Å². The van der Waals surface area contributed by atoms with Crippen molar-refractivity contribution in [1.29, 1.82) is 0 Å². The van der Waals surface area contributed by atoms with Gasteiger partial charge < -0.3 is 19.9 Å². The highest BCUT2D eigenvalue weighted by Gasteiger charge is 2.23. The molecule has 5 nitrogen and oxygen atoms in total. The molecule has 170 valence electrons. The molecule has 2 aromatic rings. The van der Waals surface area contributed by atoms with E-state index in [2.05, 4.69) is 34.4 Å². The summed E-state index contributed by atoms with van der Waals surface area (Å²) in [7, 11) is -0.735. The number of benzene rings is 2. The van der Waals surface area contributed by atoms with Crippen molar-refractivity contribution >= 4 is 52.7 Å². The van der Waals surface area contributed by atoms with Crippen LogP contribution in [0.1, 0.15) is 32.8 Å². The molecular weight excluding hydrogens is 434 g/mol. The third-order valence-corrected chi connectivity index (χ3v) is 5.15. The molecule has 0 radical (unpaired) electrons. The van der Waals surface area contributed by atoms with Crippen molar-refractivity contribution in [1.82, 2.24) is 5.23 Å². The molecule has 0 aliphatic heterocycles. The van der Waals surface area contributed by atoms with Gasteiger partial charge in [0.25, 0.3) is 0 Å². The summed E-state index contributed by atoms with van der Waals surface area (Å²) in [6.07, 6.45) is 0.749. The Kier molecular flexibility index (Phi) is 9.95. The lowest BCUT2D eigenvalue weighted by atomic mass is 9.85. The van der Waals surface area contributed by atoms with Gasteiger partial charge in [-0.1, -0.05) is 30.3 Å². The molecule has 0 bridgehead atoms. The molecule has 0 spiro atoms. The van der Waals surface area contributed by atoms with Crippen LogP contribution in [-0.2, 0) is 16.0 Å². The first-order valence-electron chi connectivity index (χ1n) is 10.7. The largest absolute Gasteiger partial charge is 0.460 e. The minimum atomic E-state index is -0.735. The molecule has 0 aromatic heterocycles. The van der Waals surface area contributed by atoms with Crippen LogP contribution in [0.3, 0.4) is 0 Å². The van der Waals surface area contributed by atoms with Crippen LogP contribution in [0, 0.1) is 0 Å². The molecule has 1 atom stereocenters. The Morgan fingerprint density at radius 1 is 1.13 bits per heavy atom. The van der Waals surface area contributed by atoms with E-state index in [1.54, 1.807) is 6.82 Å². The fraction of sp³-hybridized carbons (Fsp3) is 0.522. The molecule has 31 heavy (non-hydrogen) atoms. The van der Waals surface area contributed by atoms with Gasteiger partial charge in [-0.2, -0.15) is 0 Å². The number of nitrogens with one attached hydrogen (secondary N) is 1. The molecule has 0 heterocycles. The predicted octanol–water partition coefficient (Wildman–Crippen LogP) is 4.47. The average molecular weight is 467 g/mol. The summed E-state index contributed by atoms with van der Waals surface area (Å²) in [4.78, 5) is 14.6. The van der Waals surface area contributed by atoms with Crippen LogP contribution in [-0.4, -0.2) is 54.5 Å². The van der Waals surface area contributed by atoms with E-state index in [4.69, 9.17) is 27.9 Å². The number of carbonyl (C=O) groups is 1. The summed E-state index contributed by atoms with van der Waals surface area (Å²) in [6, 6.07) is 12.1. The van der Waals surface area contributed by atoms with Gasteiger partial charge in [0, 0.05) is 42.0 Å². The van der Waals surface area contributed by atoms with Gasteiger partial charge in [0.1, 0.15) is 5.60 Å². The van der Waals surface area contributed by atoms with Gasteiger partial charge in [0.05, 0.1) is 6.42 Å². The normalized spacial score (nSPS) is 12.6. The summed E-state index contributed by atoms with van der Waals surface area (Å²) in [5, 5.41) is 15.2. The van der Waals surface area contributed by atoms with Crippen LogP contribution in [0.5, 0.6) is 0 Å². The first-order valence-corrected chi connectivity index (χ1v) is 11.7. The van der Waals surface area contributed by atoms with Gasteiger partial charge in [-0.3, -0.25) is 4.79 Å². The lowest BCUT2D eigenvalue weighted by molar-refractivity contribution is -0.155. The number of alkyl halides is 2. The summed E-state index contributed by atoms with van der Waals surface area (Å²) in [5.74, 6) is 0.744. The molecule has 0 unspecified atom stereocenters. The maximum atomic E-state index is 12.4. The Morgan fingerprint density at radius 3 is 2.32 bits per heavy atom. The first-order chi connectivity index (χ1) is 14.6. The molecule has 2 aromatic carbocycles. The van der Waals surface area contributed by atoms with E-state index in [0.717, 1.165) is 22.0 Å². The zero-order valence-corrected chi connectivity index (χ0v) is 20.3. The van der Waals surface area contributed by atoms with E-state index in [1.165, 1.54) is 0 Å². The topological polar surface area (TPSA) is 61.8 Å². The number of rotatable bonds is 11. The monoisotopic (exact) mass is 466 g/mol. The molecule has 0 fully saturated rings. The summed E-state index contributed by atoms with van der Waals surface area (Å²) < 4.78 is 5.49. The van der Waals surface area contributed by atoms with Gasteiger partial charge in [-0.15, -0.1) is 23.2 Å². The highest BCUT2D eigenvalue weighted by Crippen LogP contribution is 2.30.